The second-order valence-corrected chi connectivity index (χ2v) is 7.97. The molecule has 5 nitrogen and oxygen atoms in total. The summed E-state index contributed by atoms with van der Waals surface area (Å²) in [6.07, 6.45) is 2.78. The van der Waals surface area contributed by atoms with Gasteiger partial charge in [-0.05, 0) is 36.6 Å². The maximum Gasteiger partial charge on any atom is 0.270 e. The molecule has 3 aromatic rings. The number of nitrogens with zero attached hydrogens (tertiary/aromatic N) is 2. The fourth-order valence-electron chi connectivity index (χ4n) is 3.85. The van der Waals surface area contributed by atoms with Gasteiger partial charge in [0.2, 0.25) is 0 Å². The highest BCUT2D eigenvalue weighted by molar-refractivity contribution is 6.31. The summed E-state index contributed by atoms with van der Waals surface area (Å²) in [4.78, 5) is 18.9. The number of anilines is 1. The number of hydrogen-bond acceptors (Lipinski definition) is 4. The van der Waals surface area contributed by atoms with Crippen LogP contribution in [0.4, 0.5) is 5.69 Å². The van der Waals surface area contributed by atoms with Crippen LogP contribution in [0, 0.1) is 0 Å². The zero-order valence-corrected chi connectivity index (χ0v) is 17.3. The van der Waals surface area contributed by atoms with Crippen molar-refractivity contribution in [3.63, 3.8) is 0 Å². The number of hydrogen-bond donors (Lipinski definition) is 2. The SMILES string of the molecule is O=C(NCc1ccccc1)c1cc(N2CCC(O)(c3ccccc3Cl)CC2)ccn1. The average molecular weight is 422 g/mol. The molecule has 1 amide bonds. The van der Waals surface area contributed by atoms with Crippen molar-refractivity contribution in [3.05, 3.63) is 94.8 Å². The Labute approximate surface area is 181 Å². The molecule has 0 atom stereocenters. The highest BCUT2D eigenvalue weighted by Crippen LogP contribution is 2.37. The van der Waals surface area contributed by atoms with E-state index in [1.54, 1.807) is 12.3 Å². The monoisotopic (exact) mass is 421 g/mol. The van der Waals surface area contributed by atoms with Crippen molar-refractivity contribution < 1.29 is 9.90 Å². The Bertz CT molecular complexity index is 1020. The summed E-state index contributed by atoms with van der Waals surface area (Å²) in [6, 6.07) is 20.9. The van der Waals surface area contributed by atoms with Crippen LogP contribution < -0.4 is 10.2 Å². The number of aromatic nitrogens is 1. The van der Waals surface area contributed by atoms with Gasteiger partial charge < -0.3 is 15.3 Å². The third kappa shape index (κ3) is 4.48. The Hall–Kier alpha value is -2.89. The first kappa shape index (κ1) is 20.4. The number of amides is 1. The lowest BCUT2D eigenvalue weighted by Gasteiger charge is -2.40. The zero-order chi connectivity index (χ0) is 21.0. The maximum atomic E-state index is 12.5. The number of nitrogens with one attached hydrogen (secondary N) is 1. The van der Waals surface area contributed by atoms with Gasteiger partial charge in [-0.3, -0.25) is 9.78 Å². The van der Waals surface area contributed by atoms with E-state index in [4.69, 9.17) is 11.6 Å². The number of aliphatic hydroxyl groups is 1. The van der Waals surface area contributed by atoms with Gasteiger partial charge in [-0.15, -0.1) is 0 Å². The lowest BCUT2D eigenvalue weighted by Crippen LogP contribution is -2.43. The van der Waals surface area contributed by atoms with Crippen molar-refractivity contribution in [3.8, 4) is 0 Å². The van der Waals surface area contributed by atoms with Crippen LogP contribution in [-0.4, -0.2) is 29.1 Å². The molecular weight excluding hydrogens is 398 g/mol. The second kappa shape index (κ2) is 8.86. The predicted octanol–water partition coefficient (Wildman–Crippen LogP) is 4.15. The summed E-state index contributed by atoms with van der Waals surface area (Å²) >= 11 is 6.30. The topological polar surface area (TPSA) is 65.5 Å². The minimum Gasteiger partial charge on any atom is -0.385 e. The number of rotatable bonds is 5. The van der Waals surface area contributed by atoms with E-state index in [-0.39, 0.29) is 5.91 Å². The van der Waals surface area contributed by atoms with Crippen molar-refractivity contribution in [2.75, 3.05) is 18.0 Å². The van der Waals surface area contributed by atoms with Gasteiger partial charge in [0.1, 0.15) is 5.69 Å². The molecule has 0 spiro atoms. The molecule has 0 bridgehead atoms. The number of piperidine rings is 1. The molecule has 2 aromatic carbocycles. The largest absolute Gasteiger partial charge is 0.385 e. The molecule has 154 valence electrons. The Morgan fingerprint density at radius 2 is 1.77 bits per heavy atom. The van der Waals surface area contributed by atoms with Crippen LogP contribution in [0.3, 0.4) is 0 Å². The molecule has 1 fully saturated rings. The normalized spacial score (nSPS) is 15.6. The molecule has 0 aliphatic carbocycles. The van der Waals surface area contributed by atoms with E-state index in [1.807, 2.05) is 60.7 Å². The number of carbonyl (C=O) groups excluding carboxylic acids is 1. The van der Waals surface area contributed by atoms with Crippen LogP contribution in [0.5, 0.6) is 0 Å². The summed E-state index contributed by atoms with van der Waals surface area (Å²) in [7, 11) is 0. The van der Waals surface area contributed by atoms with Gasteiger partial charge in [0.25, 0.3) is 5.91 Å². The summed E-state index contributed by atoms with van der Waals surface area (Å²) < 4.78 is 0. The van der Waals surface area contributed by atoms with Gasteiger partial charge in [0, 0.05) is 42.1 Å². The average Bonchev–Trinajstić information content (AvgIpc) is 2.79. The first-order valence-electron chi connectivity index (χ1n) is 10.1. The Morgan fingerprint density at radius 3 is 2.50 bits per heavy atom. The van der Waals surface area contributed by atoms with Crippen LogP contribution >= 0.6 is 11.6 Å². The quantitative estimate of drug-likeness (QED) is 0.649. The molecule has 0 radical (unpaired) electrons. The van der Waals surface area contributed by atoms with Gasteiger partial charge in [-0.1, -0.05) is 60.1 Å². The van der Waals surface area contributed by atoms with Gasteiger partial charge >= 0.3 is 0 Å². The van der Waals surface area contributed by atoms with E-state index in [2.05, 4.69) is 15.2 Å². The first-order valence-corrected chi connectivity index (χ1v) is 10.4. The third-order valence-electron chi connectivity index (χ3n) is 5.60. The molecular formula is C24H24ClN3O2. The van der Waals surface area contributed by atoms with Crippen molar-refractivity contribution in [2.45, 2.75) is 25.0 Å². The van der Waals surface area contributed by atoms with Crippen LogP contribution in [0.25, 0.3) is 0 Å². The van der Waals surface area contributed by atoms with Crippen LogP contribution in [-0.2, 0) is 12.1 Å². The fourth-order valence-corrected chi connectivity index (χ4v) is 4.16. The molecule has 1 saturated heterocycles. The second-order valence-electron chi connectivity index (χ2n) is 7.57. The van der Waals surface area contributed by atoms with Gasteiger partial charge in [-0.25, -0.2) is 0 Å². The van der Waals surface area contributed by atoms with E-state index < -0.39 is 5.60 Å². The number of halogens is 1. The molecule has 1 aliphatic rings. The standard InChI is InChI=1S/C24H24ClN3O2/c25-21-9-5-4-8-20(21)24(30)11-14-28(15-12-24)19-10-13-26-22(16-19)23(29)27-17-18-6-2-1-3-7-18/h1-10,13,16,30H,11-12,14-15,17H2,(H,27,29). The Kier molecular flexibility index (Phi) is 6.02. The Morgan fingerprint density at radius 1 is 1.07 bits per heavy atom. The van der Waals surface area contributed by atoms with E-state index in [0.717, 1.165) is 16.8 Å². The molecule has 2 N–H and O–H groups in total. The summed E-state index contributed by atoms with van der Waals surface area (Å²) in [5.74, 6) is -0.203. The van der Waals surface area contributed by atoms with E-state index in [1.165, 1.54) is 0 Å². The number of benzene rings is 2. The third-order valence-corrected chi connectivity index (χ3v) is 5.93. The smallest absolute Gasteiger partial charge is 0.270 e. The first-order chi connectivity index (χ1) is 14.5. The molecule has 1 aliphatic heterocycles. The van der Waals surface area contributed by atoms with Gasteiger partial charge in [-0.2, -0.15) is 0 Å². The fraction of sp³-hybridized carbons (Fsp3) is 0.250. The lowest BCUT2D eigenvalue weighted by atomic mass is 9.84. The molecule has 30 heavy (non-hydrogen) atoms. The predicted molar refractivity (Wildman–Crippen MR) is 119 cm³/mol. The highest BCUT2D eigenvalue weighted by atomic mass is 35.5. The summed E-state index contributed by atoms with van der Waals surface area (Å²) in [5, 5.41) is 14.6. The van der Waals surface area contributed by atoms with E-state index in [9.17, 15) is 9.90 Å². The minimum absolute atomic E-state index is 0.203. The van der Waals surface area contributed by atoms with E-state index >= 15 is 0 Å². The molecule has 0 saturated carbocycles. The van der Waals surface area contributed by atoms with Gasteiger partial charge in [0.15, 0.2) is 0 Å². The number of pyridine rings is 1. The maximum absolute atomic E-state index is 12.5. The van der Waals surface area contributed by atoms with Gasteiger partial charge in [0.05, 0.1) is 5.60 Å². The van der Waals surface area contributed by atoms with Crippen molar-refractivity contribution >= 4 is 23.2 Å². The van der Waals surface area contributed by atoms with E-state index in [0.29, 0.717) is 43.2 Å². The zero-order valence-electron chi connectivity index (χ0n) is 16.6. The number of carbonyl (C=O) groups is 1. The molecule has 2 heterocycles. The van der Waals surface area contributed by atoms with Crippen molar-refractivity contribution in [1.29, 1.82) is 0 Å². The molecule has 4 rings (SSSR count). The highest BCUT2D eigenvalue weighted by Gasteiger charge is 2.35. The summed E-state index contributed by atoms with van der Waals surface area (Å²) in [6.45, 7) is 1.79. The van der Waals surface area contributed by atoms with Crippen molar-refractivity contribution in [1.82, 2.24) is 10.3 Å². The van der Waals surface area contributed by atoms with Crippen LogP contribution in [0.15, 0.2) is 72.9 Å². The minimum atomic E-state index is -0.933. The van der Waals surface area contributed by atoms with Crippen LogP contribution in [0.2, 0.25) is 5.02 Å². The lowest BCUT2D eigenvalue weighted by molar-refractivity contribution is 0.0119. The molecule has 0 unspecified atom stereocenters. The van der Waals surface area contributed by atoms with Crippen LogP contribution in [0.1, 0.15) is 34.5 Å². The van der Waals surface area contributed by atoms with Crippen molar-refractivity contribution in [2.24, 2.45) is 0 Å². The molecule has 1 aromatic heterocycles. The Balaban J connectivity index is 1.41. The molecule has 6 heteroatoms. The summed E-state index contributed by atoms with van der Waals surface area (Å²) in [5.41, 5.74) is 2.20.